The number of hydrogen-bond acceptors (Lipinski definition) is 15. The van der Waals surface area contributed by atoms with Crippen LogP contribution in [0.25, 0.3) is 0 Å². The maximum Gasteiger partial charge on any atom is 0.472 e. The van der Waals surface area contributed by atoms with Crippen LogP contribution in [0.4, 0.5) is 0 Å². The molecule has 0 bridgehead atoms. The van der Waals surface area contributed by atoms with Gasteiger partial charge < -0.3 is 33.8 Å². The SMILES string of the molecule is CCCCCCCCCC(=O)OC[C@H](COP(=O)(O)OC[C@H](O)COP(=O)(O)OC[C@@H](COC(=O)CCCCCCCCCCCCCC(C)C)OC(=O)CCCCCCCCCCCCCC(C)C)OC(=O)CCCCCCCCC(C)C. The van der Waals surface area contributed by atoms with Crippen molar-refractivity contribution in [3.8, 4) is 0 Å². The fourth-order valence-corrected chi connectivity index (χ4v) is 11.2. The third-order valence-corrected chi connectivity index (χ3v) is 16.8. The third kappa shape index (κ3) is 59.0. The van der Waals surface area contributed by atoms with Gasteiger partial charge in [0.05, 0.1) is 26.4 Å². The zero-order valence-electron chi connectivity index (χ0n) is 54.4. The van der Waals surface area contributed by atoms with Crippen molar-refractivity contribution in [2.45, 2.75) is 336 Å². The smallest absolute Gasteiger partial charge is 0.462 e. The molecule has 0 aromatic rings. The van der Waals surface area contributed by atoms with E-state index in [2.05, 4.69) is 48.5 Å². The lowest BCUT2D eigenvalue weighted by atomic mass is 10.0. The highest BCUT2D eigenvalue weighted by atomic mass is 31.2. The Morgan fingerprint density at radius 3 is 0.810 bits per heavy atom. The number of unbranched alkanes of at least 4 members (excludes halogenated alkanes) is 31. The van der Waals surface area contributed by atoms with E-state index < -0.39 is 97.5 Å². The second-order valence-corrected chi connectivity index (χ2v) is 27.8. The van der Waals surface area contributed by atoms with E-state index in [4.69, 9.17) is 37.0 Å². The second-order valence-electron chi connectivity index (χ2n) is 24.9. The average Bonchev–Trinajstić information content (AvgIpc) is 3.57. The Balaban J connectivity index is 5.21. The van der Waals surface area contributed by atoms with E-state index >= 15 is 0 Å². The molecule has 0 fully saturated rings. The Labute approximate surface area is 511 Å². The van der Waals surface area contributed by atoms with Gasteiger partial charge in [0.2, 0.25) is 0 Å². The predicted octanol–water partition coefficient (Wildman–Crippen LogP) is 17.9. The standard InChI is InChI=1S/C65H126O17P2/c1-8-9-10-11-22-32-39-46-62(67)75-52-61(82-65(70)49-42-35-28-27-31-38-45-58(6)7)55-80-84(73,74)78-51-59(66)50-77-83(71,72)79-54-60(81-64(69)48-41-34-26-21-17-13-15-19-24-30-37-44-57(4)5)53-76-63(68)47-40-33-25-20-16-12-14-18-23-29-36-43-56(2)3/h56-61,66H,8-55H2,1-7H3,(H,71,72)(H,73,74)/t59-,60-,61-/m1/s1. The molecule has 0 aliphatic carbocycles. The normalized spacial score (nSPS) is 14.3. The fourth-order valence-electron chi connectivity index (χ4n) is 9.66. The Bertz CT molecular complexity index is 1660. The molecular formula is C65H126O17P2. The van der Waals surface area contributed by atoms with Gasteiger partial charge in [-0.3, -0.25) is 37.3 Å². The van der Waals surface area contributed by atoms with Crippen molar-refractivity contribution in [3.05, 3.63) is 0 Å². The highest BCUT2D eigenvalue weighted by Crippen LogP contribution is 2.45. The van der Waals surface area contributed by atoms with Crippen LogP contribution < -0.4 is 0 Å². The van der Waals surface area contributed by atoms with Crippen molar-refractivity contribution in [1.82, 2.24) is 0 Å². The van der Waals surface area contributed by atoms with Gasteiger partial charge >= 0.3 is 39.5 Å². The molecule has 2 unspecified atom stereocenters. The van der Waals surface area contributed by atoms with Crippen LogP contribution in [-0.2, 0) is 65.4 Å². The number of ether oxygens (including phenoxy) is 4. The number of hydrogen-bond donors (Lipinski definition) is 3. The molecule has 0 amide bonds. The van der Waals surface area contributed by atoms with Crippen LogP contribution in [0, 0.1) is 17.8 Å². The first-order chi connectivity index (χ1) is 40.2. The maximum absolute atomic E-state index is 13.0. The molecule has 0 spiro atoms. The van der Waals surface area contributed by atoms with Crippen LogP contribution in [0.5, 0.6) is 0 Å². The highest BCUT2D eigenvalue weighted by molar-refractivity contribution is 7.47. The molecule has 0 rings (SSSR count). The number of phosphoric acid groups is 2. The lowest BCUT2D eigenvalue weighted by Gasteiger charge is -2.21. The predicted molar refractivity (Wildman–Crippen MR) is 335 cm³/mol. The van der Waals surface area contributed by atoms with Crippen molar-refractivity contribution in [1.29, 1.82) is 0 Å². The Morgan fingerprint density at radius 1 is 0.321 bits per heavy atom. The summed E-state index contributed by atoms with van der Waals surface area (Å²) in [6.07, 6.45) is 37.8. The van der Waals surface area contributed by atoms with Crippen LogP contribution in [0.1, 0.15) is 318 Å². The second kappa shape index (κ2) is 56.3. The van der Waals surface area contributed by atoms with Gasteiger partial charge in [-0.05, 0) is 43.4 Å². The molecular weight excluding hydrogens is 1110 g/mol. The molecule has 0 aliphatic rings. The van der Waals surface area contributed by atoms with E-state index in [-0.39, 0.29) is 25.7 Å². The molecule has 0 aliphatic heterocycles. The molecule has 498 valence electrons. The van der Waals surface area contributed by atoms with Crippen molar-refractivity contribution in [3.63, 3.8) is 0 Å². The summed E-state index contributed by atoms with van der Waals surface area (Å²) in [6, 6.07) is 0. The maximum atomic E-state index is 13.0. The molecule has 0 saturated heterocycles. The summed E-state index contributed by atoms with van der Waals surface area (Å²) in [5.74, 6) is 0.0644. The molecule has 5 atom stereocenters. The Kier molecular flexibility index (Phi) is 55.0. The molecule has 0 saturated carbocycles. The Morgan fingerprint density at radius 2 is 0.548 bits per heavy atom. The largest absolute Gasteiger partial charge is 0.472 e. The van der Waals surface area contributed by atoms with Crippen LogP contribution >= 0.6 is 15.6 Å². The average molecular weight is 1240 g/mol. The molecule has 0 aromatic heterocycles. The molecule has 17 nitrogen and oxygen atoms in total. The number of rotatable bonds is 63. The topological polar surface area (TPSA) is 237 Å². The minimum atomic E-state index is -4.95. The van der Waals surface area contributed by atoms with Gasteiger partial charge in [0.1, 0.15) is 19.3 Å². The van der Waals surface area contributed by atoms with Gasteiger partial charge in [0.15, 0.2) is 12.2 Å². The summed E-state index contributed by atoms with van der Waals surface area (Å²) in [7, 11) is -9.89. The lowest BCUT2D eigenvalue weighted by molar-refractivity contribution is -0.161. The number of phosphoric ester groups is 2. The first kappa shape index (κ1) is 82.1. The van der Waals surface area contributed by atoms with Crippen molar-refractivity contribution < 1.29 is 80.2 Å². The molecule has 0 aromatic carbocycles. The van der Waals surface area contributed by atoms with Crippen molar-refractivity contribution >= 4 is 39.5 Å². The summed E-state index contributed by atoms with van der Waals surface area (Å²) in [6.45, 7) is 11.7. The van der Waals surface area contributed by atoms with Gasteiger partial charge in [-0.15, -0.1) is 0 Å². The number of aliphatic hydroxyl groups is 1. The highest BCUT2D eigenvalue weighted by Gasteiger charge is 2.30. The van der Waals surface area contributed by atoms with Crippen molar-refractivity contribution in [2.24, 2.45) is 17.8 Å². The molecule has 3 N–H and O–H groups in total. The molecule has 0 radical (unpaired) electrons. The summed E-state index contributed by atoms with van der Waals surface area (Å²) >= 11 is 0. The van der Waals surface area contributed by atoms with E-state index in [1.807, 2.05) is 0 Å². The number of carbonyl (C=O) groups excluding carboxylic acids is 4. The number of aliphatic hydroxyl groups excluding tert-OH is 1. The quantitative estimate of drug-likeness (QED) is 0.0222. The summed E-state index contributed by atoms with van der Waals surface area (Å²) in [4.78, 5) is 72.1. The van der Waals surface area contributed by atoms with Crippen molar-refractivity contribution in [2.75, 3.05) is 39.6 Å². The molecule has 84 heavy (non-hydrogen) atoms. The zero-order valence-corrected chi connectivity index (χ0v) is 56.1. The van der Waals surface area contributed by atoms with Crippen LogP contribution in [0.2, 0.25) is 0 Å². The van der Waals surface area contributed by atoms with E-state index in [9.17, 15) is 43.2 Å². The first-order valence-electron chi connectivity index (χ1n) is 33.8. The monoisotopic (exact) mass is 1240 g/mol. The molecule has 19 heteroatoms. The summed E-state index contributed by atoms with van der Waals surface area (Å²) in [5, 5.41) is 10.5. The van der Waals surface area contributed by atoms with Gasteiger partial charge in [-0.2, -0.15) is 0 Å². The summed E-state index contributed by atoms with van der Waals surface area (Å²) < 4.78 is 67.9. The van der Waals surface area contributed by atoms with E-state index in [0.29, 0.717) is 31.6 Å². The third-order valence-electron chi connectivity index (χ3n) is 14.9. The summed E-state index contributed by atoms with van der Waals surface area (Å²) in [5.41, 5.74) is 0. The van der Waals surface area contributed by atoms with E-state index in [1.165, 1.54) is 116 Å². The van der Waals surface area contributed by atoms with Gasteiger partial charge in [0.25, 0.3) is 0 Å². The first-order valence-corrected chi connectivity index (χ1v) is 36.8. The zero-order chi connectivity index (χ0) is 62.4. The van der Waals surface area contributed by atoms with Gasteiger partial charge in [-0.1, -0.05) is 267 Å². The van der Waals surface area contributed by atoms with Gasteiger partial charge in [0, 0.05) is 25.7 Å². The Hall–Kier alpha value is -1.94. The number of esters is 4. The van der Waals surface area contributed by atoms with Gasteiger partial charge in [-0.25, -0.2) is 9.13 Å². The van der Waals surface area contributed by atoms with Crippen LogP contribution in [0.3, 0.4) is 0 Å². The fraction of sp³-hybridized carbons (Fsp3) is 0.938. The van der Waals surface area contributed by atoms with Crippen LogP contribution in [0.15, 0.2) is 0 Å². The van der Waals surface area contributed by atoms with E-state index in [0.717, 1.165) is 115 Å². The number of carbonyl (C=O) groups is 4. The lowest BCUT2D eigenvalue weighted by Crippen LogP contribution is -2.30. The minimum Gasteiger partial charge on any atom is -0.462 e. The van der Waals surface area contributed by atoms with Crippen LogP contribution in [-0.4, -0.2) is 96.7 Å². The minimum absolute atomic E-state index is 0.101. The molecule has 0 heterocycles. The van der Waals surface area contributed by atoms with E-state index in [1.54, 1.807) is 0 Å².